The van der Waals surface area contributed by atoms with E-state index in [1.54, 1.807) is 25.1 Å². The highest BCUT2D eigenvalue weighted by Gasteiger charge is 2.31. The molecule has 1 aliphatic carbocycles. The van der Waals surface area contributed by atoms with Crippen LogP contribution in [0.3, 0.4) is 0 Å². The predicted molar refractivity (Wildman–Crippen MR) is 146 cm³/mol. The van der Waals surface area contributed by atoms with Crippen molar-refractivity contribution in [3.63, 3.8) is 0 Å². The van der Waals surface area contributed by atoms with Crippen molar-refractivity contribution in [3.8, 4) is 5.69 Å². The Hall–Kier alpha value is -2.93. The minimum Gasteiger partial charge on any atom is -0.348 e. The number of halogens is 4. The summed E-state index contributed by atoms with van der Waals surface area (Å²) in [6.07, 6.45) is 1.21. The van der Waals surface area contributed by atoms with Crippen molar-refractivity contribution in [2.24, 2.45) is 5.92 Å². The van der Waals surface area contributed by atoms with Gasteiger partial charge in [0, 0.05) is 21.5 Å². The van der Waals surface area contributed by atoms with E-state index in [-0.39, 0.29) is 28.4 Å². The van der Waals surface area contributed by atoms with Crippen LogP contribution >= 0.6 is 22.6 Å². The molecule has 0 spiro atoms. The molecule has 0 aliphatic heterocycles. The summed E-state index contributed by atoms with van der Waals surface area (Å²) in [5.74, 6) is -0.290. The van der Waals surface area contributed by atoms with Crippen molar-refractivity contribution in [1.29, 1.82) is 0 Å². The summed E-state index contributed by atoms with van der Waals surface area (Å²) in [6.45, 7) is 1.61. The van der Waals surface area contributed by atoms with Crippen molar-refractivity contribution < 1.29 is 26.4 Å². The first-order chi connectivity index (χ1) is 17.9. The van der Waals surface area contributed by atoms with Crippen LogP contribution in [0.1, 0.15) is 40.0 Å². The first-order valence-corrected chi connectivity index (χ1v) is 14.5. The van der Waals surface area contributed by atoms with Gasteiger partial charge < -0.3 is 5.32 Å². The molecule has 0 unspecified atom stereocenters. The van der Waals surface area contributed by atoms with Gasteiger partial charge in [-0.05, 0) is 90.2 Å². The number of hydrogen-bond donors (Lipinski definition) is 1. The van der Waals surface area contributed by atoms with Gasteiger partial charge in [-0.25, -0.2) is 8.42 Å². The van der Waals surface area contributed by atoms with Crippen LogP contribution in [0.2, 0.25) is 0 Å². The smallest absolute Gasteiger partial charge is 0.348 e. The monoisotopic (exact) mass is 656 g/mol. The number of carbonyl (C=O) groups is 1. The van der Waals surface area contributed by atoms with Crippen LogP contribution in [0.4, 0.5) is 13.2 Å². The van der Waals surface area contributed by atoms with E-state index >= 15 is 0 Å². The number of rotatable bonds is 8. The van der Waals surface area contributed by atoms with Gasteiger partial charge in [0.25, 0.3) is 11.5 Å². The fraction of sp³-hybridized carbons (Fsp3) is 0.259. The predicted octanol–water partition coefficient (Wildman–Crippen LogP) is 5.44. The lowest BCUT2D eigenvalue weighted by Gasteiger charge is -2.16. The number of nitrogens with one attached hydrogen (secondary N) is 1. The second-order valence-electron chi connectivity index (χ2n) is 9.05. The third-order valence-electron chi connectivity index (χ3n) is 6.14. The number of nitrogens with zero attached hydrogens (tertiary/aromatic N) is 1. The summed E-state index contributed by atoms with van der Waals surface area (Å²) in [5.41, 5.74) is -0.866. The molecular weight excluding hydrogens is 632 g/mol. The molecule has 11 heteroatoms. The maximum Gasteiger partial charge on any atom is 0.416 e. The topological polar surface area (TPSA) is 85.2 Å². The normalized spacial score (nSPS) is 14.1. The Morgan fingerprint density at radius 3 is 2.45 bits per heavy atom. The number of benzene rings is 2. The van der Waals surface area contributed by atoms with Gasteiger partial charge in [-0.3, -0.25) is 14.2 Å². The van der Waals surface area contributed by atoms with Gasteiger partial charge in [-0.15, -0.1) is 0 Å². The fourth-order valence-electron chi connectivity index (χ4n) is 3.82. The average molecular weight is 656 g/mol. The Bertz CT molecular complexity index is 1560. The molecule has 0 bridgehead atoms. The number of amides is 1. The summed E-state index contributed by atoms with van der Waals surface area (Å²) in [5, 5.41) is 2.63. The van der Waals surface area contributed by atoms with Gasteiger partial charge in [0.05, 0.1) is 16.2 Å². The Kier molecular flexibility index (Phi) is 8.17. The zero-order valence-electron chi connectivity index (χ0n) is 20.3. The molecule has 4 rings (SSSR count). The molecular formula is C27H24F3IN2O4S. The molecule has 1 saturated carbocycles. The SMILES string of the molecule is Cc1c(I)cc(C(=O)NCc2ccc(S(=O)(=O)CC=CC3CC3)cc2)c(=O)n1-c1cccc(C(F)(F)F)c1. The molecule has 0 saturated heterocycles. The van der Waals surface area contributed by atoms with Gasteiger partial charge >= 0.3 is 6.18 Å². The molecule has 1 fully saturated rings. The third kappa shape index (κ3) is 6.55. The second kappa shape index (κ2) is 11.0. The maximum absolute atomic E-state index is 13.2. The number of pyridine rings is 1. The van der Waals surface area contributed by atoms with Gasteiger partial charge in [0.1, 0.15) is 5.56 Å². The van der Waals surface area contributed by atoms with E-state index in [1.165, 1.54) is 30.3 Å². The quantitative estimate of drug-likeness (QED) is 0.259. The van der Waals surface area contributed by atoms with Crippen LogP contribution < -0.4 is 10.9 Å². The minimum absolute atomic E-state index is 0.00124. The van der Waals surface area contributed by atoms with Crippen molar-refractivity contribution in [3.05, 3.63) is 103 Å². The van der Waals surface area contributed by atoms with Crippen LogP contribution in [0.5, 0.6) is 0 Å². The van der Waals surface area contributed by atoms with E-state index in [1.807, 2.05) is 28.7 Å². The number of sulfone groups is 1. The van der Waals surface area contributed by atoms with E-state index < -0.39 is 33.0 Å². The molecule has 38 heavy (non-hydrogen) atoms. The number of hydrogen-bond acceptors (Lipinski definition) is 4. The van der Waals surface area contributed by atoms with Crippen molar-refractivity contribution in [2.75, 3.05) is 5.75 Å². The summed E-state index contributed by atoms with van der Waals surface area (Å²) in [7, 11) is -3.47. The van der Waals surface area contributed by atoms with E-state index in [0.29, 0.717) is 20.7 Å². The Morgan fingerprint density at radius 1 is 1.13 bits per heavy atom. The number of carbonyl (C=O) groups excluding carboxylic acids is 1. The highest BCUT2D eigenvalue weighted by Crippen LogP contribution is 2.31. The van der Waals surface area contributed by atoms with E-state index in [0.717, 1.165) is 29.5 Å². The summed E-state index contributed by atoms with van der Waals surface area (Å²) < 4.78 is 66.3. The van der Waals surface area contributed by atoms with Gasteiger partial charge in [0.15, 0.2) is 9.84 Å². The molecule has 1 amide bonds. The molecule has 200 valence electrons. The maximum atomic E-state index is 13.2. The third-order valence-corrected chi connectivity index (χ3v) is 8.86. The van der Waals surface area contributed by atoms with Crippen molar-refractivity contribution >= 4 is 38.3 Å². The Morgan fingerprint density at radius 2 is 1.82 bits per heavy atom. The van der Waals surface area contributed by atoms with Crippen LogP contribution in [0, 0.1) is 16.4 Å². The van der Waals surface area contributed by atoms with E-state index in [9.17, 15) is 31.2 Å². The Labute approximate surface area is 231 Å². The van der Waals surface area contributed by atoms with Gasteiger partial charge in [-0.2, -0.15) is 13.2 Å². The Balaban J connectivity index is 1.51. The number of aromatic nitrogens is 1. The molecule has 1 aromatic heterocycles. The lowest BCUT2D eigenvalue weighted by atomic mass is 10.1. The van der Waals surface area contributed by atoms with Crippen molar-refractivity contribution in [1.82, 2.24) is 9.88 Å². The summed E-state index contributed by atoms with van der Waals surface area (Å²) >= 11 is 1.92. The van der Waals surface area contributed by atoms with Crippen LogP contribution in [0.15, 0.2) is 76.4 Å². The highest BCUT2D eigenvalue weighted by molar-refractivity contribution is 14.1. The van der Waals surface area contributed by atoms with Crippen LogP contribution in [-0.2, 0) is 22.6 Å². The molecule has 3 aromatic rings. The molecule has 1 heterocycles. The standard InChI is InChI=1S/C27H24F3IN2O4S/c1-17-24(31)15-23(26(35)33(17)21-6-2-5-20(14-21)27(28,29)30)25(34)32-16-19-9-11-22(12-10-19)38(36,37)13-3-4-18-7-8-18/h2-6,9-12,14-15,18H,7-8,13,16H2,1H3,(H,32,34). The zero-order valence-corrected chi connectivity index (χ0v) is 23.2. The lowest BCUT2D eigenvalue weighted by molar-refractivity contribution is -0.137. The van der Waals surface area contributed by atoms with Crippen LogP contribution in [0.25, 0.3) is 5.69 Å². The zero-order chi connectivity index (χ0) is 27.7. The molecule has 1 N–H and O–H groups in total. The molecule has 2 aromatic carbocycles. The molecule has 0 radical (unpaired) electrons. The van der Waals surface area contributed by atoms with E-state index in [2.05, 4.69) is 5.32 Å². The molecule has 1 aliphatic rings. The number of allylic oxidation sites excluding steroid dienone is 1. The van der Waals surface area contributed by atoms with Crippen LogP contribution in [-0.4, -0.2) is 24.6 Å². The average Bonchev–Trinajstić information content (AvgIpc) is 3.69. The van der Waals surface area contributed by atoms with E-state index in [4.69, 9.17) is 0 Å². The fourth-order valence-corrected chi connectivity index (χ4v) is 5.48. The van der Waals surface area contributed by atoms with Gasteiger partial charge in [-0.1, -0.05) is 30.4 Å². The van der Waals surface area contributed by atoms with Crippen molar-refractivity contribution in [2.45, 2.75) is 37.4 Å². The first-order valence-electron chi connectivity index (χ1n) is 11.7. The largest absolute Gasteiger partial charge is 0.416 e. The minimum atomic E-state index is -4.59. The number of alkyl halides is 3. The first kappa shape index (κ1) is 28.1. The lowest BCUT2D eigenvalue weighted by Crippen LogP contribution is -2.33. The van der Waals surface area contributed by atoms with Gasteiger partial charge in [0.2, 0.25) is 0 Å². The molecule has 6 nitrogen and oxygen atoms in total. The molecule has 0 atom stereocenters. The highest BCUT2D eigenvalue weighted by atomic mass is 127. The summed E-state index contributed by atoms with van der Waals surface area (Å²) in [4.78, 5) is 26.3. The summed E-state index contributed by atoms with van der Waals surface area (Å²) in [6, 6.07) is 11.8. The second-order valence-corrected chi connectivity index (χ2v) is 12.3.